The molecule has 0 aromatic heterocycles. The van der Waals surface area contributed by atoms with E-state index >= 15 is 0 Å². The number of thiol groups is 1. The van der Waals surface area contributed by atoms with E-state index < -0.39 is 0 Å². The standard InChI is InChI=1S/C25H53NO2S/c1-4-5-6-7-8-9-10-11-12-13-14-15-16-18-21-27-23-25(29)24-28-22-19-17-20-26(2)3/h25,29H,4-24H2,1-3H3. The average Bonchev–Trinajstić information content (AvgIpc) is 2.70. The first-order chi connectivity index (χ1) is 14.2. The van der Waals surface area contributed by atoms with Crippen molar-refractivity contribution in [1.29, 1.82) is 0 Å². The number of rotatable bonds is 24. The molecule has 176 valence electrons. The van der Waals surface area contributed by atoms with E-state index in [0.29, 0.717) is 13.2 Å². The third-order valence-electron chi connectivity index (χ3n) is 5.41. The molecule has 29 heavy (non-hydrogen) atoms. The Hall–Kier alpha value is 0.230. The number of unbranched alkanes of at least 4 members (excludes halogenated alkanes) is 14. The monoisotopic (exact) mass is 431 g/mol. The Bertz CT molecular complexity index is 303. The molecule has 1 atom stereocenters. The molecular weight excluding hydrogens is 378 g/mol. The highest BCUT2D eigenvalue weighted by atomic mass is 32.1. The Morgan fingerprint density at radius 1 is 0.586 bits per heavy atom. The van der Waals surface area contributed by atoms with Crippen molar-refractivity contribution in [1.82, 2.24) is 4.90 Å². The molecule has 0 rings (SSSR count). The molecule has 0 saturated heterocycles. The van der Waals surface area contributed by atoms with Gasteiger partial charge in [-0.25, -0.2) is 0 Å². The lowest BCUT2D eigenvalue weighted by molar-refractivity contribution is 0.0844. The van der Waals surface area contributed by atoms with Crippen LogP contribution in [0.3, 0.4) is 0 Å². The first kappa shape index (κ1) is 29.2. The van der Waals surface area contributed by atoms with Crippen LogP contribution in [0.2, 0.25) is 0 Å². The first-order valence-electron chi connectivity index (χ1n) is 12.6. The van der Waals surface area contributed by atoms with E-state index in [9.17, 15) is 0 Å². The summed E-state index contributed by atoms with van der Waals surface area (Å²) in [4.78, 5) is 2.21. The van der Waals surface area contributed by atoms with Gasteiger partial charge in [-0.05, 0) is 39.9 Å². The summed E-state index contributed by atoms with van der Waals surface area (Å²) in [6, 6.07) is 0. The molecule has 0 N–H and O–H groups in total. The summed E-state index contributed by atoms with van der Waals surface area (Å²) in [6.07, 6.45) is 21.9. The molecule has 0 spiro atoms. The van der Waals surface area contributed by atoms with E-state index in [1.165, 1.54) is 96.3 Å². The van der Waals surface area contributed by atoms with Gasteiger partial charge in [0.2, 0.25) is 0 Å². The van der Waals surface area contributed by atoms with Crippen molar-refractivity contribution in [3.63, 3.8) is 0 Å². The summed E-state index contributed by atoms with van der Waals surface area (Å²) in [5.41, 5.74) is 0. The smallest absolute Gasteiger partial charge is 0.0604 e. The summed E-state index contributed by atoms with van der Waals surface area (Å²) in [5.74, 6) is 0. The fourth-order valence-electron chi connectivity index (χ4n) is 3.52. The maximum atomic E-state index is 5.75. The average molecular weight is 432 g/mol. The Morgan fingerprint density at radius 3 is 1.38 bits per heavy atom. The molecule has 0 heterocycles. The minimum atomic E-state index is 0.204. The molecule has 0 fully saturated rings. The second kappa shape index (κ2) is 24.5. The zero-order chi connectivity index (χ0) is 21.4. The summed E-state index contributed by atoms with van der Waals surface area (Å²) in [6.45, 7) is 6.54. The molecule has 0 bridgehead atoms. The van der Waals surface area contributed by atoms with E-state index in [-0.39, 0.29) is 5.25 Å². The van der Waals surface area contributed by atoms with E-state index in [2.05, 4.69) is 38.5 Å². The van der Waals surface area contributed by atoms with Crippen LogP contribution in [0.1, 0.15) is 110 Å². The molecule has 0 aromatic carbocycles. The van der Waals surface area contributed by atoms with Crippen molar-refractivity contribution < 1.29 is 9.47 Å². The SMILES string of the molecule is CCCCCCCCCCCCCCCCOCC(S)COCCCCN(C)C. The quantitative estimate of drug-likeness (QED) is 0.130. The lowest BCUT2D eigenvalue weighted by Crippen LogP contribution is -2.18. The van der Waals surface area contributed by atoms with Crippen LogP contribution in [-0.2, 0) is 9.47 Å². The van der Waals surface area contributed by atoms with Gasteiger partial charge in [0.15, 0.2) is 0 Å². The molecular formula is C25H53NO2S. The normalized spacial score (nSPS) is 12.7. The van der Waals surface area contributed by atoms with Gasteiger partial charge in [0, 0.05) is 18.5 Å². The fraction of sp³-hybridized carbons (Fsp3) is 1.00. The molecule has 0 amide bonds. The maximum Gasteiger partial charge on any atom is 0.0604 e. The van der Waals surface area contributed by atoms with Crippen LogP contribution >= 0.6 is 12.6 Å². The van der Waals surface area contributed by atoms with Crippen LogP contribution < -0.4 is 0 Å². The Balaban J connectivity index is 3.12. The highest BCUT2D eigenvalue weighted by Crippen LogP contribution is 2.13. The number of hydrogen-bond acceptors (Lipinski definition) is 4. The molecule has 0 radical (unpaired) electrons. The number of ether oxygens (including phenoxy) is 2. The highest BCUT2D eigenvalue weighted by Gasteiger charge is 2.03. The third-order valence-corrected chi connectivity index (χ3v) is 5.70. The lowest BCUT2D eigenvalue weighted by atomic mass is 10.0. The minimum absolute atomic E-state index is 0.204. The van der Waals surface area contributed by atoms with Crippen LogP contribution in [0.25, 0.3) is 0 Å². The maximum absolute atomic E-state index is 5.75. The van der Waals surface area contributed by atoms with Gasteiger partial charge >= 0.3 is 0 Å². The van der Waals surface area contributed by atoms with Crippen molar-refractivity contribution in [2.75, 3.05) is 47.1 Å². The summed E-state index contributed by atoms with van der Waals surface area (Å²) in [5, 5.41) is 0.204. The van der Waals surface area contributed by atoms with E-state index in [0.717, 1.165) is 26.2 Å². The molecule has 0 aromatic rings. The first-order valence-corrected chi connectivity index (χ1v) is 13.2. The van der Waals surface area contributed by atoms with Gasteiger partial charge < -0.3 is 14.4 Å². The van der Waals surface area contributed by atoms with E-state index in [1.54, 1.807) is 0 Å². The molecule has 0 aliphatic carbocycles. The Morgan fingerprint density at radius 2 is 0.966 bits per heavy atom. The summed E-state index contributed by atoms with van der Waals surface area (Å²) in [7, 11) is 4.22. The van der Waals surface area contributed by atoms with Gasteiger partial charge in [-0.2, -0.15) is 12.6 Å². The van der Waals surface area contributed by atoms with Gasteiger partial charge in [-0.15, -0.1) is 0 Å². The van der Waals surface area contributed by atoms with Gasteiger partial charge in [-0.3, -0.25) is 0 Å². The summed E-state index contributed by atoms with van der Waals surface area (Å²) >= 11 is 4.56. The Labute approximate surface area is 189 Å². The van der Waals surface area contributed by atoms with E-state index in [4.69, 9.17) is 9.47 Å². The van der Waals surface area contributed by atoms with Crippen LogP contribution in [0.15, 0.2) is 0 Å². The number of nitrogens with zero attached hydrogens (tertiary/aromatic N) is 1. The largest absolute Gasteiger partial charge is 0.380 e. The van der Waals surface area contributed by atoms with Crippen LogP contribution in [0.5, 0.6) is 0 Å². The predicted octanol–water partition coefficient (Wildman–Crippen LogP) is 7.14. The molecule has 3 nitrogen and oxygen atoms in total. The second-order valence-electron chi connectivity index (χ2n) is 8.91. The van der Waals surface area contributed by atoms with Crippen molar-refractivity contribution >= 4 is 12.6 Å². The predicted molar refractivity (Wildman–Crippen MR) is 133 cm³/mol. The molecule has 0 aliphatic rings. The zero-order valence-corrected chi connectivity index (χ0v) is 21.0. The van der Waals surface area contributed by atoms with Crippen molar-refractivity contribution in [2.24, 2.45) is 0 Å². The lowest BCUT2D eigenvalue weighted by Gasteiger charge is -2.13. The fourth-order valence-corrected chi connectivity index (χ4v) is 3.73. The van der Waals surface area contributed by atoms with Crippen LogP contribution in [0.4, 0.5) is 0 Å². The molecule has 4 heteroatoms. The van der Waals surface area contributed by atoms with Crippen LogP contribution in [0, 0.1) is 0 Å². The van der Waals surface area contributed by atoms with Gasteiger partial charge in [0.05, 0.1) is 13.2 Å². The van der Waals surface area contributed by atoms with Gasteiger partial charge in [0.1, 0.15) is 0 Å². The number of hydrogen-bond donors (Lipinski definition) is 1. The minimum Gasteiger partial charge on any atom is -0.380 e. The van der Waals surface area contributed by atoms with Crippen molar-refractivity contribution in [3.8, 4) is 0 Å². The van der Waals surface area contributed by atoms with Gasteiger partial charge in [0.25, 0.3) is 0 Å². The molecule has 0 saturated carbocycles. The van der Waals surface area contributed by atoms with Crippen LogP contribution in [-0.4, -0.2) is 57.2 Å². The topological polar surface area (TPSA) is 21.7 Å². The zero-order valence-electron chi connectivity index (χ0n) is 20.1. The second-order valence-corrected chi connectivity index (χ2v) is 9.64. The van der Waals surface area contributed by atoms with Gasteiger partial charge in [-0.1, -0.05) is 90.4 Å². The van der Waals surface area contributed by atoms with E-state index in [1.807, 2.05) is 0 Å². The highest BCUT2D eigenvalue weighted by molar-refractivity contribution is 7.81. The Kier molecular flexibility index (Phi) is 24.7. The molecule has 0 aliphatic heterocycles. The summed E-state index contributed by atoms with van der Waals surface area (Å²) < 4.78 is 11.4. The van der Waals surface area contributed by atoms with Crippen molar-refractivity contribution in [3.05, 3.63) is 0 Å². The third kappa shape index (κ3) is 26.2. The van der Waals surface area contributed by atoms with Crippen molar-refractivity contribution in [2.45, 2.75) is 115 Å². The molecule has 1 unspecified atom stereocenters.